The van der Waals surface area contributed by atoms with Crippen molar-refractivity contribution in [1.29, 1.82) is 0 Å². The summed E-state index contributed by atoms with van der Waals surface area (Å²) in [5.74, 6) is 0.629. The molecule has 0 aliphatic heterocycles. The number of fused-ring (bicyclic) bond motifs is 1. The number of hydrogen-bond donors (Lipinski definition) is 2. The number of thiophene rings is 1. The van der Waals surface area contributed by atoms with Crippen molar-refractivity contribution in [1.82, 2.24) is 19.7 Å². The predicted molar refractivity (Wildman–Crippen MR) is 90.1 cm³/mol. The van der Waals surface area contributed by atoms with Crippen molar-refractivity contribution in [3.05, 3.63) is 41.5 Å². The fourth-order valence-electron chi connectivity index (χ4n) is 1.96. The summed E-state index contributed by atoms with van der Waals surface area (Å²) in [5, 5.41) is 3.06. The second-order valence-corrected chi connectivity index (χ2v) is 8.07. The van der Waals surface area contributed by atoms with Gasteiger partial charge in [0.15, 0.2) is 5.65 Å². The molecule has 0 aliphatic rings. The van der Waals surface area contributed by atoms with E-state index in [-0.39, 0.29) is 6.54 Å². The van der Waals surface area contributed by atoms with Crippen LogP contribution in [0.1, 0.15) is 4.88 Å². The summed E-state index contributed by atoms with van der Waals surface area (Å²) in [6, 6.07) is 7.00. The highest BCUT2D eigenvalue weighted by atomic mass is 32.2. The van der Waals surface area contributed by atoms with E-state index < -0.39 is 10.0 Å². The monoisotopic (exact) mass is 349 g/mol. The highest BCUT2D eigenvalue weighted by Gasteiger charge is 2.15. The molecule has 3 aromatic rings. The maximum Gasteiger partial charge on any atom is 0.250 e. The number of anilines is 1. The van der Waals surface area contributed by atoms with Crippen molar-refractivity contribution in [3.63, 3.8) is 0 Å². The fraction of sp³-hybridized carbons (Fsp3) is 0.214. The lowest BCUT2D eigenvalue weighted by Gasteiger charge is -2.07. The summed E-state index contributed by atoms with van der Waals surface area (Å²) >= 11 is 1.25. The zero-order valence-electron chi connectivity index (χ0n) is 12.4. The minimum absolute atomic E-state index is 0.263. The second-order valence-electron chi connectivity index (χ2n) is 4.79. The summed E-state index contributed by atoms with van der Waals surface area (Å²) in [6.07, 6.45) is 3.19. The fourth-order valence-corrected chi connectivity index (χ4v) is 4.32. The average molecular weight is 349 g/mol. The Morgan fingerprint density at radius 2 is 1.91 bits per heavy atom. The maximum atomic E-state index is 12.1. The number of aryl methyl sites for hydroxylation is 1. The molecule has 3 heterocycles. The van der Waals surface area contributed by atoms with Gasteiger partial charge in [-0.2, -0.15) is 0 Å². The number of sulfonamides is 1. The molecule has 0 aromatic carbocycles. The van der Waals surface area contributed by atoms with Crippen LogP contribution in [0.15, 0.2) is 40.9 Å². The summed E-state index contributed by atoms with van der Waals surface area (Å²) in [7, 11) is -3.44. The summed E-state index contributed by atoms with van der Waals surface area (Å²) in [4.78, 5) is 13.5. The normalized spacial score (nSPS) is 11.7. The average Bonchev–Trinajstić information content (AvgIpc) is 2.99. The van der Waals surface area contributed by atoms with Gasteiger partial charge in [0, 0.05) is 30.4 Å². The zero-order chi connectivity index (χ0) is 16.3. The molecule has 0 atom stereocenters. The lowest BCUT2D eigenvalue weighted by atomic mass is 10.4. The van der Waals surface area contributed by atoms with E-state index in [1.54, 1.807) is 30.6 Å². The smallest absolute Gasteiger partial charge is 0.250 e. The topological polar surface area (TPSA) is 96.9 Å². The number of pyridine rings is 1. The molecule has 0 bridgehead atoms. The molecule has 7 nitrogen and oxygen atoms in total. The first-order valence-electron chi connectivity index (χ1n) is 6.92. The van der Waals surface area contributed by atoms with Gasteiger partial charge in [-0.05, 0) is 31.2 Å². The van der Waals surface area contributed by atoms with Crippen LogP contribution in [0.4, 0.5) is 5.82 Å². The van der Waals surface area contributed by atoms with Crippen molar-refractivity contribution in [3.8, 4) is 0 Å². The first kappa shape index (κ1) is 15.8. The first-order chi connectivity index (χ1) is 11.0. The van der Waals surface area contributed by atoms with Crippen LogP contribution in [0.25, 0.3) is 11.2 Å². The van der Waals surface area contributed by atoms with Gasteiger partial charge in [0.1, 0.15) is 15.5 Å². The van der Waals surface area contributed by atoms with Crippen molar-refractivity contribution < 1.29 is 8.42 Å². The van der Waals surface area contributed by atoms with Gasteiger partial charge in [-0.25, -0.2) is 23.1 Å². The molecule has 2 N–H and O–H groups in total. The second kappa shape index (κ2) is 6.57. The Kier molecular flexibility index (Phi) is 4.51. The van der Waals surface area contributed by atoms with E-state index in [0.717, 1.165) is 4.88 Å². The Balaban J connectivity index is 1.56. The van der Waals surface area contributed by atoms with E-state index >= 15 is 0 Å². The third-order valence-corrected chi connectivity index (χ3v) is 5.99. The van der Waals surface area contributed by atoms with Crippen LogP contribution in [-0.2, 0) is 10.0 Å². The van der Waals surface area contributed by atoms with Crippen molar-refractivity contribution in [2.75, 3.05) is 18.4 Å². The van der Waals surface area contributed by atoms with Crippen LogP contribution in [-0.4, -0.2) is 36.5 Å². The standard InChI is InChI=1S/C14H15N5O2S2/c1-10-2-5-13(22-10)23(20,21)18-9-8-16-12-4-3-11-14(19-12)17-7-6-15-11/h2-7,18H,8-9H2,1H3,(H,16,17,19). The molecular formula is C14H15N5O2S2. The first-order valence-corrected chi connectivity index (χ1v) is 9.22. The molecule has 0 unspecified atom stereocenters. The molecule has 0 amide bonds. The molecule has 23 heavy (non-hydrogen) atoms. The Morgan fingerprint density at radius 3 is 2.70 bits per heavy atom. The lowest BCUT2D eigenvalue weighted by Crippen LogP contribution is -2.28. The van der Waals surface area contributed by atoms with E-state index in [1.165, 1.54) is 11.3 Å². The quantitative estimate of drug-likeness (QED) is 0.659. The van der Waals surface area contributed by atoms with Crippen molar-refractivity contribution in [2.45, 2.75) is 11.1 Å². The SMILES string of the molecule is Cc1ccc(S(=O)(=O)NCCNc2ccc3nccnc3n2)s1. The van der Waals surface area contributed by atoms with Gasteiger partial charge in [-0.3, -0.25) is 4.98 Å². The van der Waals surface area contributed by atoms with Crippen LogP contribution in [0.3, 0.4) is 0 Å². The molecule has 0 fully saturated rings. The Labute approximate surface area is 137 Å². The molecule has 0 aliphatic carbocycles. The number of rotatable bonds is 6. The molecule has 0 radical (unpaired) electrons. The van der Waals surface area contributed by atoms with E-state index in [0.29, 0.717) is 27.7 Å². The molecule has 0 saturated carbocycles. The van der Waals surface area contributed by atoms with Gasteiger partial charge in [0.25, 0.3) is 0 Å². The molecule has 3 rings (SSSR count). The summed E-state index contributed by atoms with van der Waals surface area (Å²) in [5.41, 5.74) is 1.26. The zero-order valence-corrected chi connectivity index (χ0v) is 14.0. The van der Waals surface area contributed by atoms with Crippen molar-refractivity contribution in [2.24, 2.45) is 0 Å². The lowest BCUT2D eigenvalue weighted by molar-refractivity contribution is 0.585. The van der Waals surface area contributed by atoms with E-state index in [4.69, 9.17) is 0 Å². The molecule has 120 valence electrons. The van der Waals surface area contributed by atoms with Crippen LogP contribution < -0.4 is 10.0 Å². The van der Waals surface area contributed by atoms with E-state index in [2.05, 4.69) is 25.0 Å². The number of aromatic nitrogens is 3. The minimum Gasteiger partial charge on any atom is -0.369 e. The van der Waals surface area contributed by atoms with Gasteiger partial charge >= 0.3 is 0 Å². The van der Waals surface area contributed by atoms with E-state index in [1.807, 2.05) is 13.0 Å². The predicted octanol–water partition coefficient (Wildman–Crippen LogP) is 1.79. The number of nitrogens with zero attached hydrogens (tertiary/aromatic N) is 3. The Morgan fingerprint density at radius 1 is 1.09 bits per heavy atom. The van der Waals surface area contributed by atoms with Gasteiger partial charge in [0.2, 0.25) is 10.0 Å². The van der Waals surface area contributed by atoms with Crippen LogP contribution >= 0.6 is 11.3 Å². The van der Waals surface area contributed by atoms with E-state index in [9.17, 15) is 8.42 Å². The highest BCUT2D eigenvalue weighted by Crippen LogP contribution is 2.20. The number of nitrogens with one attached hydrogen (secondary N) is 2. The third-order valence-electron chi connectivity index (χ3n) is 3.04. The van der Waals surface area contributed by atoms with Crippen LogP contribution in [0.2, 0.25) is 0 Å². The Hall–Kier alpha value is -2.10. The molecular weight excluding hydrogens is 334 g/mol. The van der Waals surface area contributed by atoms with Crippen LogP contribution in [0, 0.1) is 6.92 Å². The largest absolute Gasteiger partial charge is 0.369 e. The molecule has 3 aromatic heterocycles. The van der Waals surface area contributed by atoms with Gasteiger partial charge in [-0.15, -0.1) is 11.3 Å². The van der Waals surface area contributed by atoms with Crippen molar-refractivity contribution >= 4 is 38.3 Å². The van der Waals surface area contributed by atoms with Gasteiger partial charge < -0.3 is 5.32 Å². The third kappa shape index (κ3) is 3.81. The summed E-state index contributed by atoms with van der Waals surface area (Å²) in [6.45, 7) is 2.56. The molecule has 0 saturated heterocycles. The van der Waals surface area contributed by atoms with Crippen LogP contribution in [0.5, 0.6) is 0 Å². The molecule has 0 spiro atoms. The Bertz CT molecular complexity index is 924. The summed E-state index contributed by atoms with van der Waals surface area (Å²) < 4.78 is 27.0. The highest BCUT2D eigenvalue weighted by molar-refractivity contribution is 7.91. The maximum absolute atomic E-state index is 12.1. The number of hydrogen-bond acceptors (Lipinski definition) is 7. The molecule has 9 heteroatoms. The van der Waals surface area contributed by atoms with Gasteiger partial charge in [0.05, 0.1) is 0 Å². The minimum atomic E-state index is -3.44. The van der Waals surface area contributed by atoms with Gasteiger partial charge in [-0.1, -0.05) is 0 Å².